The van der Waals surface area contributed by atoms with Gasteiger partial charge in [-0.2, -0.15) is 0 Å². The number of hydrogen-bond acceptors (Lipinski definition) is 3. The predicted octanol–water partition coefficient (Wildman–Crippen LogP) is 3.27. The van der Waals surface area contributed by atoms with Crippen molar-refractivity contribution in [2.45, 2.75) is 18.9 Å². The number of aldehydes is 1. The van der Waals surface area contributed by atoms with E-state index in [0.717, 1.165) is 36.0 Å². The lowest BCUT2D eigenvalue weighted by Gasteiger charge is -2.11. The van der Waals surface area contributed by atoms with E-state index in [9.17, 15) is 9.90 Å². The predicted molar refractivity (Wildman–Crippen MR) is 71.6 cm³/mol. The van der Waals surface area contributed by atoms with E-state index >= 15 is 0 Å². The van der Waals surface area contributed by atoms with Crippen LogP contribution in [-0.2, 0) is 6.42 Å². The molecular weight excluding hydrogens is 240 g/mol. The molecule has 0 bridgehead atoms. The van der Waals surface area contributed by atoms with Crippen LogP contribution >= 0.6 is 0 Å². The van der Waals surface area contributed by atoms with E-state index in [2.05, 4.69) is 0 Å². The van der Waals surface area contributed by atoms with Gasteiger partial charge in [0.2, 0.25) is 0 Å². The van der Waals surface area contributed by atoms with Crippen molar-refractivity contribution in [1.82, 2.24) is 0 Å². The molecule has 1 unspecified atom stereocenters. The highest BCUT2D eigenvalue weighted by Crippen LogP contribution is 2.38. The average Bonchev–Trinajstić information content (AvgIpc) is 2.83. The van der Waals surface area contributed by atoms with Crippen molar-refractivity contribution >= 4 is 6.29 Å². The minimum Gasteiger partial charge on any atom is -0.457 e. The van der Waals surface area contributed by atoms with Gasteiger partial charge in [-0.25, -0.2) is 0 Å². The summed E-state index contributed by atoms with van der Waals surface area (Å²) in [6.45, 7) is 0. The number of aliphatic hydroxyl groups is 1. The van der Waals surface area contributed by atoms with Crippen molar-refractivity contribution in [3.05, 3.63) is 59.2 Å². The molecule has 19 heavy (non-hydrogen) atoms. The van der Waals surface area contributed by atoms with Gasteiger partial charge in [0, 0.05) is 11.1 Å². The van der Waals surface area contributed by atoms with Crippen LogP contribution in [0, 0.1) is 0 Å². The standard InChI is InChI=1S/C16H14O3/c17-10-11-4-6-12(7-5-11)19-16-3-1-2-13-14(16)8-9-15(13)18/h1-7,10,15,18H,8-9H2. The van der Waals surface area contributed by atoms with Crippen LogP contribution in [0.2, 0.25) is 0 Å². The SMILES string of the molecule is O=Cc1ccc(Oc2cccc3c2CCC3O)cc1. The Morgan fingerprint density at radius 2 is 1.95 bits per heavy atom. The van der Waals surface area contributed by atoms with Crippen molar-refractivity contribution in [2.75, 3.05) is 0 Å². The highest BCUT2D eigenvalue weighted by Gasteiger charge is 2.23. The fourth-order valence-electron chi connectivity index (χ4n) is 2.44. The van der Waals surface area contributed by atoms with E-state index in [4.69, 9.17) is 4.74 Å². The van der Waals surface area contributed by atoms with Crippen LogP contribution in [0.5, 0.6) is 11.5 Å². The Kier molecular flexibility index (Phi) is 3.05. The van der Waals surface area contributed by atoms with Crippen LogP contribution < -0.4 is 4.74 Å². The monoisotopic (exact) mass is 254 g/mol. The summed E-state index contributed by atoms with van der Waals surface area (Å²) in [4.78, 5) is 10.6. The Balaban J connectivity index is 1.89. The number of aliphatic hydroxyl groups excluding tert-OH is 1. The van der Waals surface area contributed by atoms with Gasteiger partial charge in [-0.15, -0.1) is 0 Å². The molecule has 3 heteroatoms. The molecule has 0 aromatic heterocycles. The van der Waals surface area contributed by atoms with Crippen LogP contribution in [-0.4, -0.2) is 11.4 Å². The zero-order valence-electron chi connectivity index (χ0n) is 10.4. The van der Waals surface area contributed by atoms with Crippen LogP contribution in [0.4, 0.5) is 0 Å². The zero-order chi connectivity index (χ0) is 13.2. The molecule has 0 saturated carbocycles. The van der Waals surface area contributed by atoms with Crippen molar-refractivity contribution < 1.29 is 14.6 Å². The Labute approximate surface area is 111 Å². The van der Waals surface area contributed by atoms with Gasteiger partial charge in [-0.1, -0.05) is 12.1 Å². The topological polar surface area (TPSA) is 46.5 Å². The number of fused-ring (bicyclic) bond motifs is 1. The lowest BCUT2D eigenvalue weighted by Crippen LogP contribution is -1.93. The molecule has 0 spiro atoms. The number of carbonyl (C=O) groups is 1. The Morgan fingerprint density at radius 3 is 2.68 bits per heavy atom. The van der Waals surface area contributed by atoms with Crippen molar-refractivity contribution in [1.29, 1.82) is 0 Å². The maximum atomic E-state index is 10.6. The molecule has 3 nitrogen and oxygen atoms in total. The van der Waals surface area contributed by atoms with E-state index in [0.29, 0.717) is 11.3 Å². The smallest absolute Gasteiger partial charge is 0.150 e. The molecular formula is C16H14O3. The quantitative estimate of drug-likeness (QED) is 0.855. The van der Waals surface area contributed by atoms with E-state index in [1.807, 2.05) is 18.2 Å². The molecule has 2 aromatic carbocycles. The highest BCUT2D eigenvalue weighted by atomic mass is 16.5. The van der Waals surface area contributed by atoms with Gasteiger partial charge in [-0.3, -0.25) is 4.79 Å². The van der Waals surface area contributed by atoms with E-state index in [1.54, 1.807) is 24.3 Å². The third kappa shape index (κ3) is 2.25. The van der Waals surface area contributed by atoms with Gasteiger partial charge in [0.15, 0.2) is 0 Å². The molecule has 0 saturated heterocycles. The van der Waals surface area contributed by atoms with Crippen LogP contribution in [0.15, 0.2) is 42.5 Å². The average molecular weight is 254 g/mol. The maximum Gasteiger partial charge on any atom is 0.150 e. The summed E-state index contributed by atoms with van der Waals surface area (Å²) in [5.41, 5.74) is 2.66. The second-order valence-corrected chi connectivity index (χ2v) is 4.67. The Hall–Kier alpha value is -2.13. The summed E-state index contributed by atoms with van der Waals surface area (Å²) in [6.07, 6.45) is 2.01. The Morgan fingerprint density at radius 1 is 1.16 bits per heavy atom. The van der Waals surface area contributed by atoms with Crippen LogP contribution in [0.3, 0.4) is 0 Å². The number of rotatable bonds is 3. The van der Waals surface area contributed by atoms with Gasteiger partial charge in [-0.05, 0) is 48.7 Å². The minimum absolute atomic E-state index is 0.379. The first-order valence-corrected chi connectivity index (χ1v) is 6.31. The van der Waals surface area contributed by atoms with Gasteiger partial charge in [0.25, 0.3) is 0 Å². The molecule has 1 N–H and O–H groups in total. The second kappa shape index (κ2) is 4.86. The molecule has 1 aliphatic rings. The molecule has 0 amide bonds. The molecule has 0 aliphatic heterocycles. The molecule has 0 heterocycles. The van der Waals surface area contributed by atoms with E-state index < -0.39 is 0 Å². The molecule has 96 valence electrons. The summed E-state index contributed by atoms with van der Waals surface area (Å²) in [7, 11) is 0. The third-order valence-electron chi connectivity index (χ3n) is 3.44. The molecule has 3 rings (SSSR count). The fourth-order valence-corrected chi connectivity index (χ4v) is 2.44. The minimum atomic E-state index is -0.379. The van der Waals surface area contributed by atoms with Crippen molar-refractivity contribution in [3.8, 4) is 11.5 Å². The first-order chi connectivity index (χ1) is 9.28. The molecule has 0 fully saturated rings. The third-order valence-corrected chi connectivity index (χ3v) is 3.44. The number of carbonyl (C=O) groups excluding carboxylic acids is 1. The summed E-state index contributed by atoms with van der Waals surface area (Å²) in [6, 6.07) is 12.7. The maximum absolute atomic E-state index is 10.6. The number of benzene rings is 2. The van der Waals surface area contributed by atoms with Crippen LogP contribution in [0.1, 0.15) is 34.0 Å². The fraction of sp³-hybridized carbons (Fsp3) is 0.188. The summed E-state index contributed by atoms with van der Waals surface area (Å²) >= 11 is 0. The Bertz CT molecular complexity index is 602. The van der Waals surface area contributed by atoms with Gasteiger partial charge >= 0.3 is 0 Å². The van der Waals surface area contributed by atoms with Gasteiger partial charge in [0.05, 0.1) is 6.10 Å². The van der Waals surface area contributed by atoms with Gasteiger partial charge < -0.3 is 9.84 Å². The number of hydrogen-bond donors (Lipinski definition) is 1. The summed E-state index contributed by atoms with van der Waals surface area (Å²) in [5.74, 6) is 1.48. The first kappa shape index (κ1) is 11.9. The van der Waals surface area contributed by atoms with Crippen molar-refractivity contribution in [3.63, 3.8) is 0 Å². The molecule has 1 atom stereocenters. The molecule has 1 aliphatic carbocycles. The lowest BCUT2D eigenvalue weighted by molar-refractivity contribution is 0.112. The normalized spacial score (nSPS) is 17.0. The second-order valence-electron chi connectivity index (χ2n) is 4.67. The summed E-state index contributed by atoms with van der Waals surface area (Å²) < 4.78 is 5.84. The molecule has 2 aromatic rings. The first-order valence-electron chi connectivity index (χ1n) is 6.31. The van der Waals surface area contributed by atoms with E-state index in [1.165, 1.54) is 0 Å². The molecule has 0 radical (unpaired) electrons. The highest BCUT2D eigenvalue weighted by molar-refractivity contribution is 5.74. The zero-order valence-corrected chi connectivity index (χ0v) is 10.4. The van der Waals surface area contributed by atoms with Crippen molar-refractivity contribution in [2.24, 2.45) is 0 Å². The van der Waals surface area contributed by atoms with Crippen LogP contribution in [0.25, 0.3) is 0 Å². The summed E-state index contributed by atoms with van der Waals surface area (Å²) in [5, 5.41) is 9.85. The van der Waals surface area contributed by atoms with Gasteiger partial charge in [0.1, 0.15) is 17.8 Å². The lowest BCUT2D eigenvalue weighted by atomic mass is 10.1. The number of ether oxygens (including phenoxy) is 1. The van der Waals surface area contributed by atoms with E-state index in [-0.39, 0.29) is 6.10 Å². The largest absolute Gasteiger partial charge is 0.457 e.